The number of halogens is 2. The van der Waals surface area contributed by atoms with Gasteiger partial charge in [-0.2, -0.15) is 0 Å². The summed E-state index contributed by atoms with van der Waals surface area (Å²) in [5.41, 5.74) is 1.73. The third kappa shape index (κ3) is 3.32. The van der Waals surface area contributed by atoms with Crippen LogP contribution < -0.4 is 5.32 Å². The Morgan fingerprint density at radius 2 is 1.86 bits per heavy atom. The molecule has 22 heavy (non-hydrogen) atoms. The molecule has 0 bridgehead atoms. The molecule has 0 amide bonds. The van der Waals surface area contributed by atoms with Crippen LogP contribution in [0.1, 0.15) is 49.3 Å². The molecule has 3 rings (SSSR count). The van der Waals surface area contributed by atoms with Crippen LogP contribution in [0.5, 0.6) is 0 Å². The monoisotopic (exact) mass is 324 g/mol. The molecular weight excluding hydrogens is 299 g/mol. The van der Waals surface area contributed by atoms with Crippen LogP contribution in [0.3, 0.4) is 0 Å². The van der Waals surface area contributed by atoms with Gasteiger partial charge in [0.05, 0.1) is 5.02 Å². The van der Waals surface area contributed by atoms with E-state index in [0.717, 1.165) is 37.3 Å². The molecular formula is C18H26ClFN2. The van der Waals surface area contributed by atoms with Crippen molar-refractivity contribution in [3.8, 4) is 0 Å². The molecule has 1 saturated carbocycles. The number of nitrogens with zero attached hydrogens (tertiary/aromatic N) is 1. The van der Waals surface area contributed by atoms with E-state index in [1.54, 1.807) is 12.1 Å². The molecule has 0 spiro atoms. The highest BCUT2D eigenvalue weighted by Gasteiger charge is 2.34. The largest absolute Gasteiger partial charge is 0.314 e. The van der Waals surface area contributed by atoms with Gasteiger partial charge in [-0.15, -0.1) is 0 Å². The number of hydrogen-bond donors (Lipinski definition) is 1. The molecule has 0 unspecified atom stereocenters. The fraction of sp³-hybridized carbons (Fsp3) is 0.667. The lowest BCUT2D eigenvalue weighted by atomic mass is 9.79. The predicted molar refractivity (Wildman–Crippen MR) is 89.9 cm³/mol. The van der Waals surface area contributed by atoms with Gasteiger partial charge in [0.2, 0.25) is 0 Å². The summed E-state index contributed by atoms with van der Waals surface area (Å²) in [6.07, 6.45) is 6.22. The average molecular weight is 325 g/mol. The van der Waals surface area contributed by atoms with Crippen molar-refractivity contribution in [2.75, 3.05) is 26.2 Å². The van der Waals surface area contributed by atoms with Crippen molar-refractivity contribution in [2.24, 2.45) is 5.92 Å². The average Bonchev–Trinajstić information content (AvgIpc) is 2.57. The minimum atomic E-state index is -0.135. The van der Waals surface area contributed by atoms with Gasteiger partial charge in [0.25, 0.3) is 0 Å². The lowest BCUT2D eigenvalue weighted by Crippen LogP contribution is -2.47. The summed E-state index contributed by atoms with van der Waals surface area (Å²) in [6, 6.07) is 3.51. The highest BCUT2D eigenvalue weighted by molar-refractivity contribution is 6.32. The Bertz CT molecular complexity index is 490. The van der Waals surface area contributed by atoms with E-state index in [1.165, 1.54) is 32.1 Å². The van der Waals surface area contributed by atoms with Crippen LogP contribution in [-0.2, 0) is 0 Å². The van der Waals surface area contributed by atoms with E-state index < -0.39 is 0 Å². The fourth-order valence-electron chi connectivity index (χ4n) is 4.08. The number of rotatable bonds is 3. The molecule has 0 aromatic heterocycles. The Hall–Kier alpha value is -0.640. The van der Waals surface area contributed by atoms with Gasteiger partial charge in [-0.25, -0.2) is 4.39 Å². The lowest BCUT2D eigenvalue weighted by molar-refractivity contribution is 0.101. The molecule has 2 nitrogen and oxygen atoms in total. The molecule has 1 aromatic rings. The summed E-state index contributed by atoms with van der Waals surface area (Å²) in [4.78, 5) is 2.45. The van der Waals surface area contributed by atoms with E-state index >= 15 is 0 Å². The molecule has 122 valence electrons. The van der Waals surface area contributed by atoms with Crippen LogP contribution in [0, 0.1) is 18.7 Å². The predicted octanol–water partition coefficient (Wildman–Crippen LogP) is 4.31. The summed E-state index contributed by atoms with van der Waals surface area (Å²) in [5, 5.41) is 4.03. The highest BCUT2D eigenvalue weighted by atomic mass is 35.5. The van der Waals surface area contributed by atoms with Crippen molar-refractivity contribution >= 4 is 11.6 Å². The van der Waals surface area contributed by atoms with Gasteiger partial charge in [0.1, 0.15) is 5.82 Å². The van der Waals surface area contributed by atoms with Crippen molar-refractivity contribution in [1.82, 2.24) is 10.2 Å². The van der Waals surface area contributed by atoms with Gasteiger partial charge in [0, 0.05) is 37.8 Å². The minimum absolute atomic E-state index is 0.134. The number of piperazine rings is 1. The molecule has 1 N–H and O–H groups in total. The van der Waals surface area contributed by atoms with E-state index in [0.29, 0.717) is 10.9 Å². The molecule has 2 fully saturated rings. The van der Waals surface area contributed by atoms with Gasteiger partial charge >= 0.3 is 0 Å². The first-order valence-electron chi connectivity index (χ1n) is 8.57. The Balaban J connectivity index is 1.98. The van der Waals surface area contributed by atoms with Gasteiger partial charge in [-0.05, 0) is 37.3 Å². The van der Waals surface area contributed by atoms with E-state index in [9.17, 15) is 4.39 Å². The molecule has 1 atom stereocenters. The smallest absolute Gasteiger partial charge is 0.129 e. The topological polar surface area (TPSA) is 15.3 Å². The molecule has 2 aliphatic rings. The number of nitrogens with one attached hydrogen (secondary N) is 1. The Morgan fingerprint density at radius 1 is 1.18 bits per heavy atom. The van der Waals surface area contributed by atoms with Crippen molar-refractivity contribution in [3.63, 3.8) is 0 Å². The lowest BCUT2D eigenvalue weighted by Gasteiger charge is -2.41. The highest BCUT2D eigenvalue weighted by Crippen LogP contribution is 2.42. The SMILES string of the molecule is Cc1ccc(F)c([C@H](C2CCCCC2)N2CCNCC2)c1Cl. The van der Waals surface area contributed by atoms with E-state index in [2.05, 4.69) is 10.2 Å². The molecule has 1 heterocycles. The van der Waals surface area contributed by atoms with E-state index in [-0.39, 0.29) is 11.9 Å². The van der Waals surface area contributed by atoms with Crippen molar-refractivity contribution in [2.45, 2.75) is 45.1 Å². The Kier molecular flexibility index (Phi) is 5.37. The van der Waals surface area contributed by atoms with Gasteiger partial charge in [0.15, 0.2) is 0 Å². The molecule has 1 aliphatic heterocycles. The Labute approximate surface area is 138 Å². The van der Waals surface area contributed by atoms with Gasteiger partial charge < -0.3 is 5.32 Å². The van der Waals surface area contributed by atoms with Crippen LogP contribution in [-0.4, -0.2) is 31.1 Å². The summed E-state index contributed by atoms with van der Waals surface area (Å²) in [7, 11) is 0. The maximum atomic E-state index is 14.7. The fourth-order valence-corrected chi connectivity index (χ4v) is 4.34. The molecule has 4 heteroatoms. The third-order valence-corrected chi connectivity index (χ3v) is 5.76. The summed E-state index contributed by atoms with van der Waals surface area (Å²) < 4.78 is 14.7. The summed E-state index contributed by atoms with van der Waals surface area (Å²) in [6.45, 7) is 5.89. The standard InChI is InChI=1S/C18H26ClFN2/c1-13-7-8-15(20)16(17(13)19)18(14-5-3-2-4-6-14)22-11-9-21-10-12-22/h7-8,14,18,21H,2-6,9-12H2,1H3/t18-/m0/s1. The molecule has 1 aliphatic carbocycles. The van der Waals surface area contributed by atoms with Crippen LogP contribution in [0.25, 0.3) is 0 Å². The maximum absolute atomic E-state index is 14.7. The van der Waals surface area contributed by atoms with Gasteiger partial charge in [-0.3, -0.25) is 4.90 Å². The van der Waals surface area contributed by atoms with Gasteiger partial charge in [-0.1, -0.05) is 36.9 Å². The number of hydrogen-bond acceptors (Lipinski definition) is 2. The van der Waals surface area contributed by atoms with Crippen LogP contribution in [0.15, 0.2) is 12.1 Å². The minimum Gasteiger partial charge on any atom is -0.314 e. The van der Waals surface area contributed by atoms with Crippen molar-refractivity contribution < 1.29 is 4.39 Å². The van der Waals surface area contributed by atoms with Crippen LogP contribution in [0.2, 0.25) is 5.02 Å². The van der Waals surface area contributed by atoms with Crippen LogP contribution in [0.4, 0.5) is 4.39 Å². The second-order valence-corrected chi connectivity index (χ2v) is 7.10. The maximum Gasteiger partial charge on any atom is 0.129 e. The molecule has 1 aromatic carbocycles. The first-order chi connectivity index (χ1) is 10.7. The Morgan fingerprint density at radius 3 is 2.55 bits per heavy atom. The van der Waals surface area contributed by atoms with Crippen molar-refractivity contribution in [3.05, 3.63) is 34.1 Å². The second-order valence-electron chi connectivity index (χ2n) is 6.72. The number of benzene rings is 1. The van der Waals surface area contributed by atoms with Crippen molar-refractivity contribution in [1.29, 1.82) is 0 Å². The van der Waals surface area contributed by atoms with Crippen LogP contribution >= 0.6 is 11.6 Å². The summed E-state index contributed by atoms with van der Waals surface area (Å²) in [5.74, 6) is 0.394. The summed E-state index contributed by atoms with van der Waals surface area (Å²) >= 11 is 6.55. The zero-order valence-corrected chi connectivity index (χ0v) is 14.1. The van der Waals surface area contributed by atoms with E-state index in [4.69, 9.17) is 11.6 Å². The second kappa shape index (κ2) is 7.29. The molecule has 0 radical (unpaired) electrons. The third-order valence-electron chi connectivity index (χ3n) is 5.26. The zero-order valence-electron chi connectivity index (χ0n) is 13.4. The first-order valence-corrected chi connectivity index (χ1v) is 8.95. The molecule has 1 saturated heterocycles. The number of aryl methyl sites for hydroxylation is 1. The quantitative estimate of drug-likeness (QED) is 0.891. The zero-order chi connectivity index (χ0) is 15.5. The normalized spacial score (nSPS) is 22.7. The van der Waals surface area contributed by atoms with E-state index in [1.807, 2.05) is 6.92 Å². The first kappa shape index (κ1) is 16.2.